The van der Waals surface area contributed by atoms with Crippen LogP contribution >= 0.6 is 11.3 Å². The van der Waals surface area contributed by atoms with Crippen LogP contribution in [0.5, 0.6) is 0 Å². The molecular formula is C26H25F2N3O4S2. The van der Waals surface area contributed by atoms with Gasteiger partial charge in [-0.05, 0) is 74.2 Å². The number of nitrogens with zero attached hydrogens (tertiary/aromatic N) is 3. The summed E-state index contributed by atoms with van der Waals surface area (Å²) in [5.74, 6) is -1.89. The standard InChI is InChI=1S/C26H25F2N3O4S2/c1-16-5-8-22-24(17(16)2)29-26(36-22)31(15-20-4-3-13-35-20)25(32)18-9-11-30(12-10-18)37(33,34)23-14-19(27)6-7-21(23)28/h3-8,13-14,18H,9-12,15H2,1-2H3. The average molecular weight is 546 g/mol. The molecule has 4 aromatic rings. The Hall–Kier alpha value is -3.15. The van der Waals surface area contributed by atoms with Gasteiger partial charge in [0.2, 0.25) is 15.9 Å². The number of carbonyl (C=O) groups is 1. The third kappa shape index (κ3) is 4.90. The van der Waals surface area contributed by atoms with Gasteiger partial charge in [-0.1, -0.05) is 17.4 Å². The fourth-order valence-electron chi connectivity index (χ4n) is 4.51. The third-order valence-electron chi connectivity index (χ3n) is 6.78. The molecule has 0 N–H and O–H groups in total. The van der Waals surface area contributed by atoms with E-state index >= 15 is 0 Å². The van der Waals surface area contributed by atoms with Crippen molar-refractivity contribution in [2.45, 2.75) is 38.1 Å². The number of halogens is 2. The van der Waals surface area contributed by atoms with Gasteiger partial charge in [-0.3, -0.25) is 9.69 Å². The van der Waals surface area contributed by atoms with E-state index in [9.17, 15) is 22.0 Å². The maximum atomic E-state index is 14.2. The molecule has 1 saturated heterocycles. The second kappa shape index (κ2) is 9.96. The van der Waals surface area contributed by atoms with Gasteiger partial charge < -0.3 is 4.42 Å². The first-order valence-corrected chi connectivity index (χ1v) is 14.1. The largest absolute Gasteiger partial charge is 0.467 e. The van der Waals surface area contributed by atoms with Crippen molar-refractivity contribution in [3.63, 3.8) is 0 Å². The van der Waals surface area contributed by atoms with E-state index in [0.717, 1.165) is 37.8 Å². The zero-order valence-corrected chi connectivity index (χ0v) is 21.9. The maximum absolute atomic E-state index is 14.2. The topological polar surface area (TPSA) is 83.7 Å². The van der Waals surface area contributed by atoms with E-state index in [1.54, 1.807) is 23.3 Å². The molecule has 0 radical (unpaired) electrons. The molecule has 0 saturated carbocycles. The number of benzene rings is 2. The van der Waals surface area contributed by atoms with Crippen LogP contribution in [0, 0.1) is 31.4 Å². The molecule has 1 aliphatic rings. The van der Waals surface area contributed by atoms with Crippen LogP contribution < -0.4 is 4.90 Å². The SMILES string of the molecule is Cc1ccc2sc(N(Cc3ccco3)C(=O)C3CCN(S(=O)(=O)c4cc(F)ccc4F)CC3)nc2c1C. The van der Waals surface area contributed by atoms with Crippen LogP contribution in [0.25, 0.3) is 10.2 Å². The quantitative estimate of drug-likeness (QED) is 0.323. The minimum atomic E-state index is -4.24. The molecule has 3 heterocycles. The van der Waals surface area contributed by atoms with E-state index in [4.69, 9.17) is 9.40 Å². The Bertz CT molecular complexity index is 1560. The van der Waals surface area contributed by atoms with E-state index in [0.29, 0.717) is 17.0 Å². The molecule has 7 nitrogen and oxygen atoms in total. The summed E-state index contributed by atoms with van der Waals surface area (Å²) in [7, 11) is -4.24. The van der Waals surface area contributed by atoms with Crippen LogP contribution in [0.15, 0.2) is 58.0 Å². The molecule has 0 unspecified atom stereocenters. The highest BCUT2D eigenvalue weighted by Gasteiger charge is 2.36. The number of aryl methyl sites for hydroxylation is 2. The summed E-state index contributed by atoms with van der Waals surface area (Å²) in [5.41, 5.74) is 3.00. The fourth-order valence-corrected chi connectivity index (χ4v) is 7.08. The van der Waals surface area contributed by atoms with Crippen molar-refractivity contribution < 1.29 is 26.4 Å². The van der Waals surface area contributed by atoms with Gasteiger partial charge in [-0.15, -0.1) is 0 Å². The highest BCUT2D eigenvalue weighted by atomic mass is 32.2. The van der Waals surface area contributed by atoms with E-state index in [1.807, 2.05) is 26.0 Å². The number of piperidine rings is 1. The van der Waals surface area contributed by atoms with Gasteiger partial charge in [0.25, 0.3) is 0 Å². The van der Waals surface area contributed by atoms with E-state index < -0.39 is 32.5 Å². The van der Waals surface area contributed by atoms with E-state index in [-0.39, 0.29) is 38.4 Å². The van der Waals surface area contributed by atoms with Crippen molar-refractivity contribution in [3.05, 3.63) is 77.2 Å². The Labute approximate surface area is 217 Å². The number of hydrogen-bond acceptors (Lipinski definition) is 6. The van der Waals surface area contributed by atoms with Crippen LogP contribution in [0.3, 0.4) is 0 Å². The molecule has 0 bridgehead atoms. The minimum absolute atomic E-state index is 0.0153. The summed E-state index contributed by atoms with van der Waals surface area (Å²) in [6, 6.07) is 9.90. The highest BCUT2D eigenvalue weighted by Crippen LogP contribution is 2.35. The Balaban J connectivity index is 1.39. The van der Waals surface area contributed by atoms with E-state index in [2.05, 4.69) is 0 Å². The Kier molecular flexibility index (Phi) is 6.86. The zero-order chi connectivity index (χ0) is 26.3. The Morgan fingerprint density at radius 1 is 1.16 bits per heavy atom. The minimum Gasteiger partial charge on any atom is -0.467 e. The third-order valence-corrected chi connectivity index (χ3v) is 9.74. The smallest absolute Gasteiger partial charge is 0.246 e. The van der Waals surface area contributed by atoms with Gasteiger partial charge in [-0.25, -0.2) is 22.2 Å². The van der Waals surface area contributed by atoms with Gasteiger partial charge in [0.05, 0.1) is 23.0 Å². The highest BCUT2D eigenvalue weighted by molar-refractivity contribution is 7.89. The predicted molar refractivity (Wildman–Crippen MR) is 137 cm³/mol. The number of amides is 1. The second-order valence-electron chi connectivity index (χ2n) is 9.11. The molecule has 0 spiro atoms. The summed E-state index contributed by atoms with van der Waals surface area (Å²) in [4.78, 5) is 19.4. The maximum Gasteiger partial charge on any atom is 0.246 e. The molecule has 1 aliphatic heterocycles. The number of rotatable bonds is 6. The molecule has 194 valence electrons. The Morgan fingerprint density at radius 3 is 2.62 bits per heavy atom. The normalized spacial score (nSPS) is 15.4. The van der Waals surface area contributed by atoms with E-state index in [1.165, 1.54) is 11.3 Å². The molecule has 11 heteroatoms. The van der Waals surface area contributed by atoms with Crippen LogP contribution in [0.4, 0.5) is 13.9 Å². The molecule has 1 amide bonds. The lowest BCUT2D eigenvalue weighted by Crippen LogP contribution is -2.44. The predicted octanol–water partition coefficient (Wildman–Crippen LogP) is 5.42. The van der Waals surface area contributed by atoms with Crippen molar-refractivity contribution in [3.8, 4) is 0 Å². The lowest BCUT2D eigenvalue weighted by Gasteiger charge is -2.32. The fraction of sp³-hybridized carbons (Fsp3) is 0.308. The summed E-state index contributed by atoms with van der Waals surface area (Å²) in [6.45, 7) is 4.23. The lowest BCUT2D eigenvalue weighted by molar-refractivity contribution is -0.123. The van der Waals surface area contributed by atoms with Gasteiger partial charge in [0.1, 0.15) is 22.3 Å². The van der Waals surface area contributed by atoms with Gasteiger partial charge in [-0.2, -0.15) is 4.31 Å². The van der Waals surface area contributed by atoms with Crippen molar-refractivity contribution in [2.24, 2.45) is 5.92 Å². The number of fused-ring (bicyclic) bond motifs is 1. The molecule has 37 heavy (non-hydrogen) atoms. The summed E-state index contributed by atoms with van der Waals surface area (Å²) < 4.78 is 61.3. The molecule has 0 atom stereocenters. The first kappa shape index (κ1) is 25.5. The van der Waals surface area contributed by atoms with Crippen molar-refractivity contribution in [2.75, 3.05) is 18.0 Å². The summed E-state index contributed by atoms with van der Waals surface area (Å²) >= 11 is 1.42. The number of hydrogen-bond donors (Lipinski definition) is 0. The molecule has 2 aromatic heterocycles. The lowest BCUT2D eigenvalue weighted by atomic mass is 9.96. The first-order valence-electron chi connectivity index (χ1n) is 11.8. The molecular weight excluding hydrogens is 520 g/mol. The van der Waals surface area contributed by atoms with Crippen LogP contribution in [0.1, 0.15) is 29.7 Å². The first-order chi connectivity index (χ1) is 17.6. The number of thiazole rings is 1. The van der Waals surface area contributed by atoms with Crippen LogP contribution in [-0.2, 0) is 21.4 Å². The zero-order valence-electron chi connectivity index (χ0n) is 20.3. The van der Waals surface area contributed by atoms with Crippen molar-refractivity contribution >= 4 is 42.6 Å². The molecule has 0 aliphatic carbocycles. The van der Waals surface area contributed by atoms with Crippen LogP contribution in [-0.4, -0.2) is 36.7 Å². The number of sulfonamides is 1. The van der Waals surface area contributed by atoms with Crippen molar-refractivity contribution in [1.29, 1.82) is 0 Å². The average Bonchev–Trinajstić information content (AvgIpc) is 3.56. The second-order valence-corrected chi connectivity index (χ2v) is 12.0. The van der Waals surface area contributed by atoms with Crippen LogP contribution in [0.2, 0.25) is 0 Å². The molecule has 5 rings (SSSR count). The summed E-state index contributed by atoms with van der Waals surface area (Å²) in [5, 5.41) is 0.544. The number of anilines is 1. The Morgan fingerprint density at radius 2 is 1.92 bits per heavy atom. The molecule has 2 aromatic carbocycles. The number of aromatic nitrogens is 1. The van der Waals surface area contributed by atoms with Gasteiger partial charge >= 0.3 is 0 Å². The van der Waals surface area contributed by atoms with Gasteiger partial charge in [0.15, 0.2) is 5.13 Å². The van der Waals surface area contributed by atoms with Gasteiger partial charge in [0, 0.05) is 19.0 Å². The summed E-state index contributed by atoms with van der Waals surface area (Å²) in [6.07, 6.45) is 2.03. The van der Waals surface area contributed by atoms with Crippen molar-refractivity contribution in [1.82, 2.24) is 9.29 Å². The monoisotopic (exact) mass is 545 g/mol. The number of carbonyl (C=O) groups excluding carboxylic acids is 1. The number of furan rings is 1. The molecule has 1 fully saturated rings.